The van der Waals surface area contributed by atoms with Crippen molar-refractivity contribution in [2.45, 2.75) is 45.7 Å². The molecule has 0 atom stereocenters. The quantitative estimate of drug-likeness (QED) is 0.252. The summed E-state index contributed by atoms with van der Waals surface area (Å²) in [6.45, 7) is 7.91. The van der Waals surface area contributed by atoms with Gasteiger partial charge in [0.1, 0.15) is 10.6 Å². The number of aryl methyl sites for hydroxylation is 3. The summed E-state index contributed by atoms with van der Waals surface area (Å²) >= 11 is 2.49. The second-order valence-electron chi connectivity index (χ2n) is 7.45. The molecule has 0 aliphatic rings. The highest BCUT2D eigenvalue weighted by molar-refractivity contribution is 7.99. The molecular formula is C24H27N3O4S2. The van der Waals surface area contributed by atoms with E-state index in [1.807, 2.05) is 45.0 Å². The minimum Gasteiger partial charge on any atom is -0.462 e. The fourth-order valence-corrected chi connectivity index (χ4v) is 5.11. The Morgan fingerprint density at radius 3 is 2.58 bits per heavy atom. The first-order valence-corrected chi connectivity index (χ1v) is 12.5. The number of hydrogen-bond acceptors (Lipinski definition) is 7. The lowest BCUT2D eigenvalue weighted by Crippen LogP contribution is -2.17. The van der Waals surface area contributed by atoms with Gasteiger partial charge in [0.15, 0.2) is 5.16 Å². The highest BCUT2D eigenvalue weighted by Gasteiger charge is 2.25. The van der Waals surface area contributed by atoms with Crippen molar-refractivity contribution in [3.05, 3.63) is 62.4 Å². The number of H-pyrrole nitrogens is 1. The number of carbonyl (C=O) groups excluding carboxylic acids is 2. The number of thioether (sulfide) groups is 1. The number of aromatic amines is 1. The minimum atomic E-state index is -0.473. The second kappa shape index (κ2) is 11.3. The predicted octanol–water partition coefficient (Wildman–Crippen LogP) is 4.98. The molecule has 0 saturated carbocycles. The van der Waals surface area contributed by atoms with Crippen LogP contribution in [0.1, 0.15) is 46.8 Å². The first-order chi connectivity index (χ1) is 15.8. The highest BCUT2D eigenvalue weighted by Crippen LogP contribution is 2.40. The third-order valence-corrected chi connectivity index (χ3v) is 6.67. The average molecular weight is 486 g/mol. The number of nitrogens with zero attached hydrogens (tertiary/aromatic N) is 1. The lowest BCUT2D eigenvalue weighted by Gasteiger charge is -2.09. The molecule has 3 rings (SSSR count). The molecule has 33 heavy (non-hydrogen) atoms. The molecule has 174 valence electrons. The molecule has 2 aromatic heterocycles. The van der Waals surface area contributed by atoms with Crippen molar-refractivity contribution in [1.29, 1.82) is 0 Å². The van der Waals surface area contributed by atoms with Crippen molar-refractivity contribution in [3.63, 3.8) is 0 Å². The molecule has 0 saturated heterocycles. The number of nitrogens with one attached hydrogen (secondary N) is 2. The number of anilines is 1. The zero-order valence-corrected chi connectivity index (χ0v) is 20.7. The van der Waals surface area contributed by atoms with Gasteiger partial charge in [-0.05, 0) is 32.8 Å². The molecule has 0 aliphatic carbocycles. The van der Waals surface area contributed by atoms with Crippen LogP contribution in [0.3, 0.4) is 0 Å². The summed E-state index contributed by atoms with van der Waals surface area (Å²) in [7, 11) is 0. The van der Waals surface area contributed by atoms with E-state index in [-0.39, 0.29) is 23.8 Å². The molecule has 1 aromatic carbocycles. The molecule has 0 bridgehead atoms. The van der Waals surface area contributed by atoms with Gasteiger partial charge >= 0.3 is 5.97 Å². The number of thiophene rings is 1. The fourth-order valence-electron chi connectivity index (χ4n) is 3.33. The molecule has 7 nitrogen and oxygen atoms in total. The maximum atomic E-state index is 12.8. The number of rotatable bonds is 9. The summed E-state index contributed by atoms with van der Waals surface area (Å²) in [5, 5.41) is 3.70. The van der Waals surface area contributed by atoms with Crippen molar-refractivity contribution >= 4 is 40.0 Å². The third kappa shape index (κ3) is 6.33. The molecular weight excluding hydrogens is 458 g/mol. The van der Waals surface area contributed by atoms with Crippen molar-refractivity contribution in [3.8, 4) is 11.1 Å². The Labute approximate surface area is 201 Å². The van der Waals surface area contributed by atoms with Gasteiger partial charge in [0.05, 0.1) is 12.4 Å². The van der Waals surface area contributed by atoms with Gasteiger partial charge in [0.2, 0.25) is 5.91 Å². The molecule has 1 amide bonds. The largest absolute Gasteiger partial charge is 0.462 e. The Bertz CT molecular complexity index is 1200. The van der Waals surface area contributed by atoms with E-state index in [2.05, 4.69) is 15.3 Å². The van der Waals surface area contributed by atoms with Gasteiger partial charge in [-0.3, -0.25) is 9.59 Å². The number of aromatic nitrogens is 2. The molecule has 3 aromatic rings. The molecule has 0 radical (unpaired) electrons. The summed E-state index contributed by atoms with van der Waals surface area (Å²) < 4.78 is 5.29. The standard InChI is InChI=1S/C24H27N3O4S2/c1-5-7-17-12-18(28)27-24(25-17)32-13-19(29)26-22-21(23(30)31-6-2)20(15(4)33-22)16-10-8-14(3)9-11-16/h8-12H,5-7,13H2,1-4H3,(H,26,29)(H,25,27,28). The molecule has 0 unspecified atom stereocenters. The fraction of sp³-hybridized carbons (Fsp3) is 0.333. The van der Waals surface area contributed by atoms with Crippen LogP contribution < -0.4 is 10.9 Å². The first kappa shape index (κ1) is 24.7. The zero-order chi connectivity index (χ0) is 24.0. The van der Waals surface area contributed by atoms with Gasteiger partial charge in [0, 0.05) is 22.2 Å². The first-order valence-electron chi connectivity index (χ1n) is 10.7. The maximum absolute atomic E-state index is 12.8. The summed E-state index contributed by atoms with van der Waals surface area (Å²) in [5.41, 5.74) is 3.59. The number of carbonyl (C=O) groups is 2. The smallest absolute Gasteiger partial charge is 0.341 e. The molecule has 2 heterocycles. The molecule has 0 fully saturated rings. The summed E-state index contributed by atoms with van der Waals surface area (Å²) in [6.07, 6.45) is 1.57. The van der Waals surface area contributed by atoms with Crippen LogP contribution in [0.15, 0.2) is 40.3 Å². The van der Waals surface area contributed by atoms with Crippen molar-refractivity contribution in [1.82, 2.24) is 9.97 Å². The highest BCUT2D eigenvalue weighted by atomic mass is 32.2. The summed E-state index contributed by atoms with van der Waals surface area (Å²) in [5.74, 6) is -0.734. The maximum Gasteiger partial charge on any atom is 0.341 e. The minimum absolute atomic E-state index is 0.0393. The Balaban J connectivity index is 1.83. The van der Waals surface area contributed by atoms with Crippen LogP contribution in [0.25, 0.3) is 11.1 Å². The van der Waals surface area contributed by atoms with Crippen LogP contribution in [0, 0.1) is 13.8 Å². The number of esters is 1. The number of amides is 1. The Morgan fingerprint density at radius 2 is 1.91 bits per heavy atom. The van der Waals surface area contributed by atoms with Crippen LogP contribution in [0.2, 0.25) is 0 Å². The SMILES string of the molecule is CCCc1cc(=O)[nH]c(SCC(=O)Nc2sc(C)c(-c3ccc(C)cc3)c2C(=O)OCC)n1. The summed E-state index contributed by atoms with van der Waals surface area (Å²) in [4.78, 5) is 45.3. The van der Waals surface area contributed by atoms with E-state index in [0.717, 1.165) is 39.8 Å². The van der Waals surface area contributed by atoms with E-state index in [1.54, 1.807) is 6.92 Å². The Morgan fingerprint density at radius 1 is 1.18 bits per heavy atom. The van der Waals surface area contributed by atoms with E-state index in [1.165, 1.54) is 17.4 Å². The van der Waals surface area contributed by atoms with Gasteiger partial charge in [-0.25, -0.2) is 9.78 Å². The van der Waals surface area contributed by atoms with Crippen LogP contribution in [-0.4, -0.2) is 34.2 Å². The molecule has 0 aliphatic heterocycles. The van der Waals surface area contributed by atoms with Gasteiger partial charge in [-0.15, -0.1) is 11.3 Å². The number of benzene rings is 1. The van der Waals surface area contributed by atoms with Crippen molar-refractivity contribution in [2.75, 3.05) is 17.7 Å². The third-order valence-electron chi connectivity index (χ3n) is 4.78. The van der Waals surface area contributed by atoms with E-state index in [9.17, 15) is 14.4 Å². The predicted molar refractivity (Wildman–Crippen MR) is 133 cm³/mol. The lowest BCUT2D eigenvalue weighted by molar-refractivity contribution is -0.113. The molecule has 0 spiro atoms. The number of hydrogen-bond donors (Lipinski definition) is 2. The van der Waals surface area contributed by atoms with Gasteiger partial charge in [-0.2, -0.15) is 0 Å². The number of ether oxygens (including phenoxy) is 1. The van der Waals surface area contributed by atoms with E-state index in [4.69, 9.17) is 4.74 Å². The van der Waals surface area contributed by atoms with Crippen molar-refractivity contribution < 1.29 is 14.3 Å². The molecule has 9 heteroatoms. The van der Waals surface area contributed by atoms with Gasteiger partial charge < -0.3 is 15.0 Å². The van der Waals surface area contributed by atoms with E-state index >= 15 is 0 Å². The van der Waals surface area contributed by atoms with Crippen LogP contribution in [-0.2, 0) is 16.0 Å². The normalized spacial score (nSPS) is 10.8. The van der Waals surface area contributed by atoms with Crippen LogP contribution >= 0.6 is 23.1 Å². The van der Waals surface area contributed by atoms with Gasteiger partial charge in [0.25, 0.3) is 5.56 Å². The Hall–Kier alpha value is -2.91. The van der Waals surface area contributed by atoms with E-state index in [0.29, 0.717) is 27.8 Å². The topological polar surface area (TPSA) is 101 Å². The zero-order valence-electron chi connectivity index (χ0n) is 19.1. The monoisotopic (exact) mass is 485 g/mol. The van der Waals surface area contributed by atoms with E-state index < -0.39 is 5.97 Å². The van der Waals surface area contributed by atoms with Crippen LogP contribution in [0.4, 0.5) is 5.00 Å². The Kier molecular flexibility index (Phi) is 8.46. The average Bonchev–Trinajstić information content (AvgIpc) is 3.08. The van der Waals surface area contributed by atoms with Crippen molar-refractivity contribution in [2.24, 2.45) is 0 Å². The summed E-state index contributed by atoms with van der Waals surface area (Å²) in [6, 6.07) is 9.35. The lowest BCUT2D eigenvalue weighted by atomic mass is 10.0. The second-order valence-corrected chi connectivity index (χ2v) is 9.64. The molecule has 2 N–H and O–H groups in total. The van der Waals surface area contributed by atoms with Crippen LogP contribution in [0.5, 0.6) is 0 Å². The van der Waals surface area contributed by atoms with Gasteiger partial charge in [-0.1, -0.05) is 54.9 Å².